The van der Waals surface area contributed by atoms with Crippen LogP contribution in [-0.2, 0) is 6.54 Å². The first kappa shape index (κ1) is 15.4. The number of hydrogen-bond donors (Lipinski definition) is 2. The second-order valence-electron chi connectivity index (χ2n) is 4.16. The van der Waals surface area contributed by atoms with E-state index >= 15 is 0 Å². The second-order valence-corrected chi connectivity index (χ2v) is 4.16. The molecular weight excluding hydrogens is 248 g/mol. The van der Waals surface area contributed by atoms with Gasteiger partial charge >= 0.3 is 5.69 Å². The van der Waals surface area contributed by atoms with Crippen molar-refractivity contribution in [3.05, 3.63) is 33.9 Å². The van der Waals surface area contributed by atoms with Gasteiger partial charge in [-0.05, 0) is 24.6 Å². The molecule has 0 unspecified atom stereocenters. The van der Waals surface area contributed by atoms with Gasteiger partial charge < -0.3 is 15.2 Å². The summed E-state index contributed by atoms with van der Waals surface area (Å²) in [4.78, 5) is 10.5. The molecule has 0 aliphatic carbocycles. The van der Waals surface area contributed by atoms with E-state index in [0.717, 1.165) is 18.5 Å². The molecule has 0 saturated heterocycles. The van der Waals surface area contributed by atoms with E-state index in [2.05, 4.69) is 12.2 Å². The summed E-state index contributed by atoms with van der Waals surface area (Å²) in [5, 5.41) is 22.9. The van der Waals surface area contributed by atoms with Gasteiger partial charge in [-0.1, -0.05) is 13.0 Å². The molecular formula is C13H20N2O4. The van der Waals surface area contributed by atoms with Crippen LogP contribution in [0.3, 0.4) is 0 Å². The van der Waals surface area contributed by atoms with Crippen LogP contribution < -0.4 is 10.1 Å². The zero-order valence-corrected chi connectivity index (χ0v) is 11.1. The molecule has 1 aromatic rings. The maximum atomic E-state index is 11.0. The van der Waals surface area contributed by atoms with Gasteiger partial charge in [0, 0.05) is 25.6 Å². The van der Waals surface area contributed by atoms with Gasteiger partial charge in [0.05, 0.1) is 11.5 Å². The van der Waals surface area contributed by atoms with Crippen LogP contribution in [-0.4, -0.2) is 29.8 Å². The third-order valence-electron chi connectivity index (χ3n) is 2.54. The van der Waals surface area contributed by atoms with E-state index in [9.17, 15) is 10.1 Å². The van der Waals surface area contributed by atoms with Crippen molar-refractivity contribution in [2.45, 2.75) is 26.3 Å². The Bertz CT molecular complexity index is 410. The molecule has 0 atom stereocenters. The molecule has 0 spiro atoms. The summed E-state index contributed by atoms with van der Waals surface area (Å²) in [5.74, 6) is 0.248. The summed E-state index contributed by atoms with van der Waals surface area (Å²) in [6, 6.07) is 4.94. The molecule has 0 bridgehead atoms. The van der Waals surface area contributed by atoms with E-state index in [0.29, 0.717) is 13.0 Å². The monoisotopic (exact) mass is 268 g/mol. The summed E-state index contributed by atoms with van der Waals surface area (Å²) < 4.78 is 5.30. The Hall–Kier alpha value is -1.66. The lowest BCUT2D eigenvalue weighted by Crippen LogP contribution is -2.14. The highest BCUT2D eigenvalue weighted by Gasteiger charge is 2.15. The minimum absolute atomic E-state index is 0.00676. The molecule has 0 heterocycles. The Morgan fingerprint density at radius 1 is 1.47 bits per heavy atom. The van der Waals surface area contributed by atoms with Crippen molar-refractivity contribution < 1.29 is 14.8 Å². The van der Waals surface area contributed by atoms with Crippen LogP contribution in [0.1, 0.15) is 25.3 Å². The Morgan fingerprint density at radius 2 is 2.26 bits per heavy atom. The van der Waals surface area contributed by atoms with E-state index in [4.69, 9.17) is 9.84 Å². The third-order valence-corrected chi connectivity index (χ3v) is 2.54. The Labute approximate surface area is 112 Å². The van der Waals surface area contributed by atoms with Gasteiger partial charge in [0.15, 0.2) is 5.75 Å². The lowest BCUT2D eigenvalue weighted by molar-refractivity contribution is -0.385. The topological polar surface area (TPSA) is 84.6 Å². The van der Waals surface area contributed by atoms with Gasteiger partial charge in [-0.2, -0.15) is 0 Å². The molecule has 0 aliphatic heterocycles. The van der Waals surface area contributed by atoms with Crippen LogP contribution in [0.25, 0.3) is 0 Å². The van der Waals surface area contributed by atoms with Crippen LogP contribution >= 0.6 is 0 Å². The zero-order valence-electron chi connectivity index (χ0n) is 11.1. The van der Waals surface area contributed by atoms with Gasteiger partial charge in [-0.25, -0.2) is 0 Å². The molecule has 6 heteroatoms. The predicted molar refractivity (Wildman–Crippen MR) is 72.3 cm³/mol. The summed E-state index contributed by atoms with van der Waals surface area (Å²) in [5.41, 5.74) is 0.823. The number of nitrogens with zero attached hydrogens (tertiary/aromatic N) is 1. The summed E-state index contributed by atoms with van der Waals surface area (Å²) in [6.45, 7) is 3.82. The smallest absolute Gasteiger partial charge is 0.311 e. The normalized spacial score (nSPS) is 10.4. The summed E-state index contributed by atoms with van der Waals surface area (Å²) >= 11 is 0. The van der Waals surface area contributed by atoms with Crippen molar-refractivity contribution in [3.63, 3.8) is 0 Å². The van der Waals surface area contributed by atoms with Crippen molar-refractivity contribution in [1.29, 1.82) is 0 Å². The lowest BCUT2D eigenvalue weighted by atomic mass is 10.2. The van der Waals surface area contributed by atoms with E-state index in [1.807, 2.05) is 6.07 Å². The first-order chi connectivity index (χ1) is 9.19. The third kappa shape index (κ3) is 5.23. The first-order valence-corrected chi connectivity index (χ1v) is 6.40. The van der Waals surface area contributed by atoms with Crippen molar-refractivity contribution >= 4 is 5.69 Å². The van der Waals surface area contributed by atoms with Crippen LogP contribution in [0.4, 0.5) is 5.69 Å². The number of aliphatic hydroxyl groups is 1. The quantitative estimate of drug-likeness (QED) is 0.405. The molecule has 106 valence electrons. The van der Waals surface area contributed by atoms with Crippen LogP contribution in [0.2, 0.25) is 0 Å². The van der Waals surface area contributed by atoms with Crippen molar-refractivity contribution in [3.8, 4) is 5.75 Å². The molecule has 1 rings (SSSR count). The molecule has 0 radical (unpaired) electrons. The average Bonchev–Trinajstić information content (AvgIpc) is 2.40. The summed E-state index contributed by atoms with van der Waals surface area (Å²) in [6.07, 6.45) is 1.47. The molecule has 0 saturated carbocycles. The molecule has 2 N–H and O–H groups in total. The Kier molecular flexibility index (Phi) is 6.84. The number of benzene rings is 1. The molecule has 1 aromatic carbocycles. The van der Waals surface area contributed by atoms with Crippen LogP contribution in [0.15, 0.2) is 18.2 Å². The van der Waals surface area contributed by atoms with Gasteiger partial charge in [-0.3, -0.25) is 10.1 Å². The molecule has 6 nitrogen and oxygen atoms in total. The zero-order chi connectivity index (χ0) is 14.1. The highest BCUT2D eigenvalue weighted by molar-refractivity contribution is 5.48. The fourth-order valence-electron chi connectivity index (χ4n) is 1.59. The van der Waals surface area contributed by atoms with Crippen molar-refractivity contribution in [2.75, 3.05) is 19.8 Å². The maximum Gasteiger partial charge on any atom is 0.311 e. The van der Waals surface area contributed by atoms with Gasteiger partial charge in [0.2, 0.25) is 0 Å². The number of rotatable bonds is 9. The maximum absolute atomic E-state index is 11.0. The second kappa shape index (κ2) is 8.44. The molecule has 0 fully saturated rings. The SMILES string of the molecule is CCCNCc1ccc(OCCCO)c([N+](=O)[O-])c1. The fourth-order valence-corrected chi connectivity index (χ4v) is 1.59. The molecule has 0 amide bonds. The Balaban J connectivity index is 2.73. The Morgan fingerprint density at radius 3 is 2.89 bits per heavy atom. The fraction of sp³-hybridized carbons (Fsp3) is 0.538. The van der Waals surface area contributed by atoms with E-state index in [1.54, 1.807) is 6.07 Å². The van der Waals surface area contributed by atoms with Gasteiger partial charge in [0.25, 0.3) is 0 Å². The van der Waals surface area contributed by atoms with Gasteiger partial charge in [-0.15, -0.1) is 0 Å². The molecule has 0 aliphatic rings. The van der Waals surface area contributed by atoms with E-state index in [1.165, 1.54) is 6.07 Å². The van der Waals surface area contributed by atoms with Gasteiger partial charge in [0.1, 0.15) is 0 Å². The standard InChI is InChI=1S/C13H20N2O4/c1-2-6-14-10-11-4-5-13(19-8-3-7-16)12(9-11)15(17)18/h4-5,9,14,16H,2-3,6-8,10H2,1H3. The van der Waals surface area contributed by atoms with Crippen molar-refractivity contribution in [1.82, 2.24) is 5.32 Å². The predicted octanol–water partition coefficient (Wildman–Crippen LogP) is 1.86. The average molecular weight is 268 g/mol. The molecule has 0 aromatic heterocycles. The van der Waals surface area contributed by atoms with Crippen LogP contribution in [0.5, 0.6) is 5.75 Å². The minimum Gasteiger partial charge on any atom is -0.487 e. The number of aliphatic hydroxyl groups excluding tert-OH is 1. The number of ether oxygens (including phenoxy) is 1. The number of hydrogen-bond acceptors (Lipinski definition) is 5. The lowest BCUT2D eigenvalue weighted by Gasteiger charge is -2.08. The highest BCUT2D eigenvalue weighted by atomic mass is 16.6. The highest BCUT2D eigenvalue weighted by Crippen LogP contribution is 2.28. The minimum atomic E-state index is -0.447. The number of nitrogens with one attached hydrogen (secondary N) is 1. The number of nitro benzene ring substituents is 1. The van der Waals surface area contributed by atoms with E-state index < -0.39 is 4.92 Å². The summed E-state index contributed by atoms with van der Waals surface area (Å²) in [7, 11) is 0. The van der Waals surface area contributed by atoms with E-state index in [-0.39, 0.29) is 24.7 Å². The first-order valence-electron chi connectivity index (χ1n) is 6.40. The largest absolute Gasteiger partial charge is 0.487 e. The van der Waals surface area contributed by atoms with Crippen molar-refractivity contribution in [2.24, 2.45) is 0 Å². The number of nitro groups is 1. The van der Waals surface area contributed by atoms with Crippen LogP contribution in [0, 0.1) is 10.1 Å². The molecule has 19 heavy (non-hydrogen) atoms.